The molecule has 0 saturated heterocycles. The first-order valence-corrected chi connectivity index (χ1v) is 7.50. The molecular weight excluding hydrogens is 260 g/mol. The van der Waals surface area contributed by atoms with Crippen molar-refractivity contribution in [3.63, 3.8) is 0 Å². The van der Waals surface area contributed by atoms with Crippen molar-refractivity contribution in [2.24, 2.45) is 0 Å². The molecule has 1 aromatic heterocycles. The zero-order chi connectivity index (χ0) is 15.2. The Morgan fingerprint density at radius 3 is 2.43 bits per heavy atom. The third-order valence-electron chi connectivity index (χ3n) is 3.70. The highest BCUT2D eigenvalue weighted by molar-refractivity contribution is 5.91. The van der Waals surface area contributed by atoms with Gasteiger partial charge in [-0.25, -0.2) is 0 Å². The standard InChI is InChI=1S/C18H22N2O/c1-4-15-9-11-20(12-10-15)13-17(21)19-18-14(3)7-6-8-16(18)5-2/h6-12H,4-5,13H2,1-3H3/p+1. The van der Waals surface area contributed by atoms with Crippen LogP contribution >= 0.6 is 0 Å². The number of benzene rings is 1. The van der Waals surface area contributed by atoms with Gasteiger partial charge >= 0.3 is 0 Å². The fourth-order valence-corrected chi connectivity index (χ4v) is 2.38. The molecule has 0 aliphatic carbocycles. The minimum Gasteiger partial charge on any atom is -0.320 e. The summed E-state index contributed by atoms with van der Waals surface area (Å²) in [5.41, 5.74) is 4.51. The summed E-state index contributed by atoms with van der Waals surface area (Å²) in [5.74, 6) is 0.00764. The summed E-state index contributed by atoms with van der Waals surface area (Å²) in [5, 5.41) is 3.05. The number of rotatable bonds is 5. The van der Waals surface area contributed by atoms with E-state index in [-0.39, 0.29) is 5.91 Å². The quantitative estimate of drug-likeness (QED) is 0.841. The molecule has 3 heteroatoms. The van der Waals surface area contributed by atoms with Crippen LogP contribution in [0, 0.1) is 6.92 Å². The summed E-state index contributed by atoms with van der Waals surface area (Å²) in [7, 11) is 0. The van der Waals surface area contributed by atoms with Gasteiger partial charge < -0.3 is 5.32 Å². The maximum absolute atomic E-state index is 12.2. The minimum atomic E-state index is 0.00764. The number of pyridine rings is 1. The maximum Gasteiger partial charge on any atom is 0.290 e. The summed E-state index contributed by atoms with van der Waals surface area (Å²) in [4.78, 5) is 12.2. The monoisotopic (exact) mass is 283 g/mol. The molecule has 0 spiro atoms. The Morgan fingerprint density at radius 1 is 1.10 bits per heavy atom. The van der Waals surface area contributed by atoms with Crippen molar-refractivity contribution in [1.82, 2.24) is 0 Å². The molecule has 1 N–H and O–H groups in total. The molecule has 0 aliphatic heterocycles. The van der Waals surface area contributed by atoms with E-state index in [9.17, 15) is 4.79 Å². The number of hydrogen-bond donors (Lipinski definition) is 1. The number of carbonyl (C=O) groups excluding carboxylic acids is 1. The topological polar surface area (TPSA) is 33.0 Å². The first-order valence-electron chi connectivity index (χ1n) is 7.50. The normalized spacial score (nSPS) is 10.4. The first kappa shape index (κ1) is 15.2. The predicted molar refractivity (Wildman–Crippen MR) is 85.2 cm³/mol. The van der Waals surface area contributed by atoms with Crippen LogP contribution in [0.2, 0.25) is 0 Å². The number of nitrogens with zero attached hydrogens (tertiary/aromatic N) is 1. The second-order valence-electron chi connectivity index (χ2n) is 5.24. The van der Waals surface area contributed by atoms with Crippen molar-refractivity contribution in [3.8, 4) is 0 Å². The van der Waals surface area contributed by atoms with Gasteiger partial charge in [0.15, 0.2) is 12.4 Å². The molecule has 0 unspecified atom stereocenters. The largest absolute Gasteiger partial charge is 0.320 e. The smallest absolute Gasteiger partial charge is 0.290 e. The van der Waals surface area contributed by atoms with Crippen LogP contribution in [-0.4, -0.2) is 5.91 Å². The number of carbonyl (C=O) groups is 1. The fraction of sp³-hybridized carbons (Fsp3) is 0.333. The molecule has 2 aromatic rings. The Bertz CT molecular complexity index is 618. The van der Waals surface area contributed by atoms with E-state index in [1.807, 2.05) is 36.0 Å². The fourth-order valence-electron chi connectivity index (χ4n) is 2.38. The van der Waals surface area contributed by atoms with Gasteiger partial charge in [-0.2, -0.15) is 4.57 Å². The second-order valence-corrected chi connectivity index (χ2v) is 5.24. The highest BCUT2D eigenvalue weighted by Crippen LogP contribution is 2.20. The molecule has 0 radical (unpaired) electrons. The Kier molecular flexibility index (Phi) is 5.09. The van der Waals surface area contributed by atoms with Crippen LogP contribution in [0.3, 0.4) is 0 Å². The van der Waals surface area contributed by atoms with E-state index in [0.717, 1.165) is 24.1 Å². The van der Waals surface area contributed by atoms with Gasteiger partial charge in [-0.3, -0.25) is 4.79 Å². The zero-order valence-corrected chi connectivity index (χ0v) is 13.0. The van der Waals surface area contributed by atoms with Crippen LogP contribution in [0.1, 0.15) is 30.5 Å². The number of hydrogen-bond acceptors (Lipinski definition) is 1. The average Bonchev–Trinajstić information content (AvgIpc) is 2.50. The molecule has 1 heterocycles. The highest BCUT2D eigenvalue weighted by Gasteiger charge is 2.12. The van der Waals surface area contributed by atoms with Crippen molar-refractivity contribution in [3.05, 3.63) is 59.4 Å². The van der Waals surface area contributed by atoms with Crippen LogP contribution in [0.25, 0.3) is 0 Å². The third kappa shape index (κ3) is 3.91. The lowest BCUT2D eigenvalue weighted by Gasteiger charge is -2.11. The molecule has 3 nitrogen and oxygen atoms in total. The van der Waals surface area contributed by atoms with Crippen LogP contribution in [-0.2, 0) is 24.2 Å². The molecule has 1 aromatic carbocycles. The lowest BCUT2D eigenvalue weighted by Crippen LogP contribution is -2.39. The Morgan fingerprint density at radius 2 is 1.81 bits per heavy atom. The van der Waals surface area contributed by atoms with Gasteiger partial charge in [-0.15, -0.1) is 0 Å². The summed E-state index contributed by atoms with van der Waals surface area (Å²) >= 11 is 0. The minimum absolute atomic E-state index is 0.00764. The summed E-state index contributed by atoms with van der Waals surface area (Å²) in [6, 6.07) is 10.2. The SMILES string of the molecule is CCc1cc[n+](CC(=O)Nc2c(C)cccc2CC)cc1. The summed E-state index contributed by atoms with van der Waals surface area (Å²) in [6.07, 6.45) is 5.83. The molecule has 0 aliphatic rings. The zero-order valence-electron chi connectivity index (χ0n) is 13.0. The van der Waals surface area contributed by atoms with E-state index in [2.05, 4.69) is 37.4 Å². The molecule has 0 fully saturated rings. The van der Waals surface area contributed by atoms with Crippen molar-refractivity contribution >= 4 is 11.6 Å². The van der Waals surface area contributed by atoms with Gasteiger partial charge in [0.1, 0.15) is 0 Å². The predicted octanol–water partition coefficient (Wildman–Crippen LogP) is 3.05. The number of para-hydroxylation sites is 1. The van der Waals surface area contributed by atoms with Crippen molar-refractivity contribution in [2.45, 2.75) is 40.2 Å². The van der Waals surface area contributed by atoms with Crippen LogP contribution in [0.4, 0.5) is 5.69 Å². The van der Waals surface area contributed by atoms with E-state index < -0.39 is 0 Å². The van der Waals surface area contributed by atoms with Crippen LogP contribution < -0.4 is 9.88 Å². The lowest BCUT2D eigenvalue weighted by atomic mass is 10.1. The molecule has 110 valence electrons. The summed E-state index contributed by atoms with van der Waals surface area (Å²) < 4.78 is 1.90. The Labute approximate surface area is 126 Å². The lowest BCUT2D eigenvalue weighted by molar-refractivity contribution is -0.684. The Balaban J connectivity index is 2.08. The average molecular weight is 283 g/mol. The molecule has 0 bridgehead atoms. The van der Waals surface area contributed by atoms with E-state index >= 15 is 0 Å². The van der Waals surface area contributed by atoms with E-state index in [1.54, 1.807) is 0 Å². The molecule has 2 rings (SSSR count). The van der Waals surface area contributed by atoms with Gasteiger partial charge in [-0.05, 0) is 36.5 Å². The number of aryl methyl sites for hydroxylation is 3. The van der Waals surface area contributed by atoms with Crippen molar-refractivity contribution in [2.75, 3.05) is 5.32 Å². The molecule has 1 amide bonds. The Hall–Kier alpha value is -2.16. The van der Waals surface area contributed by atoms with Gasteiger partial charge in [-0.1, -0.05) is 32.0 Å². The molecular formula is C18H23N2O+. The van der Waals surface area contributed by atoms with Gasteiger partial charge in [0.25, 0.3) is 5.91 Å². The molecule has 0 saturated carbocycles. The number of anilines is 1. The van der Waals surface area contributed by atoms with Crippen LogP contribution in [0.15, 0.2) is 42.7 Å². The molecule has 0 atom stereocenters. The van der Waals surface area contributed by atoms with Gasteiger partial charge in [0, 0.05) is 17.8 Å². The number of nitrogens with one attached hydrogen (secondary N) is 1. The molecule has 21 heavy (non-hydrogen) atoms. The third-order valence-corrected chi connectivity index (χ3v) is 3.70. The first-order chi connectivity index (χ1) is 10.1. The van der Waals surface area contributed by atoms with Gasteiger partial charge in [0.2, 0.25) is 6.54 Å². The van der Waals surface area contributed by atoms with Gasteiger partial charge in [0.05, 0.1) is 0 Å². The number of amides is 1. The maximum atomic E-state index is 12.2. The van der Waals surface area contributed by atoms with Crippen molar-refractivity contribution in [1.29, 1.82) is 0 Å². The van der Waals surface area contributed by atoms with Crippen LogP contribution in [0.5, 0.6) is 0 Å². The second kappa shape index (κ2) is 7.02. The van der Waals surface area contributed by atoms with E-state index in [4.69, 9.17) is 0 Å². The number of aromatic nitrogens is 1. The highest BCUT2D eigenvalue weighted by atomic mass is 16.1. The summed E-state index contributed by atoms with van der Waals surface area (Å²) in [6.45, 7) is 6.58. The van der Waals surface area contributed by atoms with E-state index in [1.165, 1.54) is 11.1 Å². The van der Waals surface area contributed by atoms with Crippen molar-refractivity contribution < 1.29 is 9.36 Å². The van der Waals surface area contributed by atoms with E-state index in [0.29, 0.717) is 6.54 Å².